The van der Waals surface area contributed by atoms with Crippen LogP contribution in [0.2, 0.25) is 0 Å². The van der Waals surface area contributed by atoms with Crippen molar-refractivity contribution in [2.45, 2.75) is 65.8 Å². The first kappa shape index (κ1) is 16.2. The first-order chi connectivity index (χ1) is 7.62. The van der Waals surface area contributed by atoms with E-state index in [-0.39, 0.29) is 11.0 Å². The van der Waals surface area contributed by atoms with Crippen LogP contribution in [0, 0.1) is 0 Å². The molecule has 0 unspecified atom stereocenters. The Balaban J connectivity index is 0.000000770. The lowest BCUT2D eigenvalue weighted by Crippen LogP contribution is -2.66. The average molecular weight is 236 g/mol. The summed E-state index contributed by atoms with van der Waals surface area (Å²) < 4.78 is 0. The molecule has 1 aromatic rings. The van der Waals surface area contributed by atoms with Gasteiger partial charge in [-0.3, -0.25) is 0 Å². The maximum absolute atomic E-state index is 4.13. The third kappa shape index (κ3) is 5.88. The molecule has 17 heavy (non-hydrogen) atoms. The smallest absolute Gasteiger partial charge is 0.114 e. The Labute approximate surface area is 107 Å². The highest BCUT2D eigenvalue weighted by Crippen LogP contribution is 2.24. The second-order valence-corrected chi connectivity index (χ2v) is 6.42. The fourth-order valence-corrected chi connectivity index (χ4v) is 1.42. The first-order valence-corrected chi connectivity index (χ1v) is 6.59. The van der Waals surface area contributed by atoms with Crippen LogP contribution in [0.3, 0.4) is 0 Å². The molecular formula is C16H30N+. The van der Waals surface area contributed by atoms with Crippen molar-refractivity contribution in [3.63, 3.8) is 0 Å². The summed E-state index contributed by atoms with van der Waals surface area (Å²) in [4.78, 5) is 0. The quantitative estimate of drug-likeness (QED) is 0.766. The molecule has 1 nitrogen and oxygen atoms in total. The zero-order chi connectivity index (χ0) is 13.7. The fraction of sp³-hybridized carbons (Fsp3) is 0.625. The number of benzene rings is 1. The Morgan fingerprint density at radius 2 is 1.12 bits per heavy atom. The molecule has 0 radical (unpaired) electrons. The van der Waals surface area contributed by atoms with Crippen LogP contribution in [0.1, 0.15) is 66.0 Å². The third-order valence-electron chi connectivity index (χ3n) is 2.53. The largest absolute Gasteiger partial charge is 0.349 e. The molecule has 1 rings (SSSR count). The molecule has 1 heteroatoms. The molecule has 0 saturated carbocycles. The van der Waals surface area contributed by atoms with Crippen molar-refractivity contribution in [2.24, 2.45) is 0 Å². The molecule has 0 aliphatic rings. The van der Waals surface area contributed by atoms with E-state index in [4.69, 9.17) is 0 Å². The van der Waals surface area contributed by atoms with Crippen LogP contribution in [-0.4, -0.2) is 0 Å². The number of rotatable bonds is 1. The normalized spacial score (nSPS) is 11.8. The van der Waals surface area contributed by atoms with Gasteiger partial charge in [0.2, 0.25) is 0 Å². The van der Waals surface area contributed by atoms with Crippen LogP contribution in [-0.2, 0) is 11.0 Å². The third-order valence-corrected chi connectivity index (χ3v) is 2.53. The van der Waals surface area contributed by atoms with Crippen molar-refractivity contribution in [3.05, 3.63) is 35.4 Å². The molecule has 0 saturated heterocycles. The van der Waals surface area contributed by atoms with Crippen molar-refractivity contribution >= 4 is 0 Å². The molecule has 0 bridgehead atoms. The predicted octanol–water partition coefficient (Wildman–Crippen LogP) is 3.88. The molecule has 0 fully saturated rings. The van der Waals surface area contributed by atoms with Gasteiger partial charge in [-0.2, -0.15) is 0 Å². The van der Waals surface area contributed by atoms with Crippen molar-refractivity contribution < 1.29 is 5.73 Å². The lowest BCUT2D eigenvalue weighted by Gasteiger charge is -2.21. The van der Waals surface area contributed by atoms with Crippen molar-refractivity contribution in [2.75, 3.05) is 0 Å². The summed E-state index contributed by atoms with van der Waals surface area (Å²) in [7, 11) is 0. The van der Waals surface area contributed by atoms with E-state index in [1.54, 1.807) is 0 Å². The molecular weight excluding hydrogens is 206 g/mol. The highest BCUT2D eigenvalue weighted by Gasteiger charge is 2.19. The number of hydrogen-bond donors (Lipinski definition) is 1. The first-order valence-electron chi connectivity index (χ1n) is 6.59. The minimum atomic E-state index is 0.0103. The second kappa shape index (κ2) is 6.20. The van der Waals surface area contributed by atoms with Gasteiger partial charge in [0.1, 0.15) is 5.54 Å². The summed E-state index contributed by atoms with van der Waals surface area (Å²) >= 11 is 0. The monoisotopic (exact) mass is 236 g/mol. The molecule has 0 heterocycles. The minimum absolute atomic E-state index is 0.0103. The van der Waals surface area contributed by atoms with Gasteiger partial charge < -0.3 is 5.73 Å². The standard InChI is InChI=1S/C13H21N.C3H8/c1-12(2,3)10-6-8-11(9-7-10)13(4,5)14;1-3-2/h6-9H,14H2,1-5H3;3H2,1-2H3/p+1. The average Bonchev–Trinajstić information content (AvgIpc) is 2.16. The Kier molecular flexibility index (Phi) is 5.91. The maximum atomic E-state index is 4.13. The van der Waals surface area contributed by atoms with Gasteiger partial charge in [-0.05, 0) is 24.8 Å². The summed E-state index contributed by atoms with van der Waals surface area (Å²) in [5, 5.41) is 0. The van der Waals surface area contributed by atoms with Gasteiger partial charge in [-0.25, -0.2) is 0 Å². The van der Waals surface area contributed by atoms with Crippen molar-refractivity contribution in [1.29, 1.82) is 0 Å². The molecule has 0 spiro atoms. The molecule has 0 aromatic heterocycles. The zero-order valence-electron chi connectivity index (χ0n) is 12.7. The number of quaternary nitrogens is 1. The van der Waals surface area contributed by atoms with Gasteiger partial charge in [0.15, 0.2) is 0 Å². The lowest BCUT2D eigenvalue weighted by atomic mass is 9.85. The van der Waals surface area contributed by atoms with Gasteiger partial charge in [0.25, 0.3) is 0 Å². The minimum Gasteiger partial charge on any atom is -0.349 e. The van der Waals surface area contributed by atoms with E-state index in [1.165, 1.54) is 17.5 Å². The lowest BCUT2D eigenvalue weighted by molar-refractivity contribution is -0.475. The van der Waals surface area contributed by atoms with Crippen molar-refractivity contribution in [3.8, 4) is 0 Å². The Morgan fingerprint density at radius 3 is 1.35 bits per heavy atom. The highest BCUT2D eigenvalue weighted by molar-refractivity contribution is 5.29. The summed E-state index contributed by atoms with van der Waals surface area (Å²) in [6.07, 6.45) is 1.25. The number of hydrogen-bond acceptors (Lipinski definition) is 0. The molecule has 0 aliphatic carbocycles. The molecule has 0 aliphatic heterocycles. The molecule has 0 atom stereocenters. The Hall–Kier alpha value is -0.820. The molecule has 0 amide bonds. The van der Waals surface area contributed by atoms with E-state index in [0.717, 1.165) is 0 Å². The van der Waals surface area contributed by atoms with Gasteiger partial charge in [-0.15, -0.1) is 0 Å². The van der Waals surface area contributed by atoms with E-state index in [2.05, 4.69) is 78.5 Å². The molecule has 3 N–H and O–H groups in total. The van der Waals surface area contributed by atoms with Gasteiger partial charge in [0.05, 0.1) is 0 Å². The van der Waals surface area contributed by atoms with E-state index in [0.29, 0.717) is 0 Å². The maximum Gasteiger partial charge on any atom is 0.114 e. The summed E-state index contributed by atoms with van der Waals surface area (Å²) in [5.74, 6) is 0. The van der Waals surface area contributed by atoms with Crippen LogP contribution in [0.25, 0.3) is 0 Å². The van der Waals surface area contributed by atoms with E-state index < -0.39 is 0 Å². The van der Waals surface area contributed by atoms with Crippen LogP contribution >= 0.6 is 0 Å². The highest BCUT2D eigenvalue weighted by atomic mass is 14.7. The molecule has 98 valence electrons. The van der Waals surface area contributed by atoms with Crippen molar-refractivity contribution in [1.82, 2.24) is 0 Å². The van der Waals surface area contributed by atoms with Crippen LogP contribution in [0.4, 0.5) is 0 Å². The van der Waals surface area contributed by atoms with Gasteiger partial charge >= 0.3 is 0 Å². The van der Waals surface area contributed by atoms with E-state index in [1.807, 2.05) is 0 Å². The summed E-state index contributed by atoms with van der Waals surface area (Å²) in [6.45, 7) is 15.2. The summed E-state index contributed by atoms with van der Waals surface area (Å²) in [6, 6.07) is 8.80. The van der Waals surface area contributed by atoms with Crippen LogP contribution in [0.5, 0.6) is 0 Å². The summed E-state index contributed by atoms with van der Waals surface area (Å²) in [5.41, 5.74) is 7.06. The second-order valence-electron chi connectivity index (χ2n) is 6.42. The van der Waals surface area contributed by atoms with Crippen LogP contribution < -0.4 is 5.73 Å². The Bertz CT molecular complexity index is 276. The zero-order valence-corrected chi connectivity index (χ0v) is 12.7. The van der Waals surface area contributed by atoms with Gasteiger partial charge in [0, 0.05) is 5.56 Å². The SMILES string of the molecule is CC(C)(C)c1ccc(C(C)(C)[NH3+])cc1.CCC. The topological polar surface area (TPSA) is 27.6 Å². The Morgan fingerprint density at radius 1 is 0.824 bits per heavy atom. The molecule has 1 aromatic carbocycles. The van der Waals surface area contributed by atoms with Gasteiger partial charge in [-0.1, -0.05) is 65.3 Å². The van der Waals surface area contributed by atoms with Crippen LogP contribution in [0.15, 0.2) is 24.3 Å². The fourth-order valence-electron chi connectivity index (χ4n) is 1.42. The van der Waals surface area contributed by atoms with E-state index in [9.17, 15) is 0 Å². The van der Waals surface area contributed by atoms with E-state index >= 15 is 0 Å². The predicted molar refractivity (Wildman–Crippen MR) is 77.0 cm³/mol.